The summed E-state index contributed by atoms with van der Waals surface area (Å²) in [6.07, 6.45) is 1.33. The van der Waals surface area contributed by atoms with Crippen molar-refractivity contribution in [1.29, 1.82) is 0 Å². The minimum Gasteiger partial charge on any atom is -0.487 e. The summed E-state index contributed by atoms with van der Waals surface area (Å²) in [5.41, 5.74) is 2.76. The predicted molar refractivity (Wildman–Crippen MR) is 116 cm³/mol. The fourth-order valence-electron chi connectivity index (χ4n) is 2.80. The van der Waals surface area contributed by atoms with Crippen molar-refractivity contribution in [3.8, 4) is 5.75 Å². The molecule has 0 fully saturated rings. The molecule has 0 saturated heterocycles. The number of amides is 2. The SMILES string of the molecule is Cc1ccc(NC(=O)NCCCc2nc(C(C)C)no2)c(OCc2ccccc2)c1. The van der Waals surface area contributed by atoms with Crippen LogP contribution in [-0.2, 0) is 13.0 Å². The van der Waals surface area contributed by atoms with Gasteiger partial charge in [0.25, 0.3) is 0 Å². The maximum Gasteiger partial charge on any atom is 0.319 e. The number of urea groups is 1. The average Bonchev–Trinajstić information content (AvgIpc) is 3.21. The highest BCUT2D eigenvalue weighted by Gasteiger charge is 2.11. The maximum atomic E-state index is 12.3. The van der Waals surface area contributed by atoms with Crippen molar-refractivity contribution in [3.05, 3.63) is 71.4 Å². The summed E-state index contributed by atoms with van der Waals surface area (Å²) < 4.78 is 11.2. The lowest BCUT2D eigenvalue weighted by molar-refractivity contribution is 0.251. The number of ether oxygens (including phenoxy) is 1. The van der Waals surface area contributed by atoms with E-state index in [1.54, 1.807) is 0 Å². The highest BCUT2D eigenvalue weighted by molar-refractivity contribution is 5.90. The van der Waals surface area contributed by atoms with Crippen LogP contribution in [0.2, 0.25) is 0 Å². The largest absolute Gasteiger partial charge is 0.487 e. The fourth-order valence-corrected chi connectivity index (χ4v) is 2.80. The number of rotatable bonds is 9. The third-order valence-corrected chi connectivity index (χ3v) is 4.48. The van der Waals surface area contributed by atoms with E-state index in [4.69, 9.17) is 9.26 Å². The molecule has 0 bridgehead atoms. The van der Waals surface area contributed by atoms with E-state index < -0.39 is 0 Å². The summed E-state index contributed by atoms with van der Waals surface area (Å²) in [6.45, 7) is 6.95. The molecular formula is C23H28N4O3. The number of nitrogens with zero attached hydrogens (tertiary/aromatic N) is 2. The predicted octanol–water partition coefficient (Wildman–Crippen LogP) is 4.83. The first kappa shape index (κ1) is 21.4. The van der Waals surface area contributed by atoms with Gasteiger partial charge in [-0.3, -0.25) is 0 Å². The van der Waals surface area contributed by atoms with E-state index in [2.05, 4.69) is 20.8 Å². The van der Waals surface area contributed by atoms with E-state index >= 15 is 0 Å². The Hall–Kier alpha value is -3.35. The van der Waals surface area contributed by atoms with Crippen LogP contribution in [0.5, 0.6) is 5.75 Å². The van der Waals surface area contributed by atoms with E-state index in [0.29, 0.717) is 49.1 Å². The van der Waals surface area contributed by atoms with Crippen molar-refractivity contribution in [2.24, 2.45) is 0 Å². The summed E-state index contributed by atoms with van der Waals surface area (Å²) in [5, 5.41) is 9.66. The van der Waals surface area contributed by atoms with Crippen LogP contribution in [0.3, 0.4) is 0 Å². The molecule has 0 aliphatic carbocycles. The fraction of sp³-hybridized carbons (Fsp3) is 0.348. The molecule has 7 nitrogen and oxygen atoms in total. The van der Waals surface area contributed by atoms with Crippen molar-refractivity contribution in [3.63, 3.8) is 0 Å². The number of benzene rings is 2. The van der Waals surface area contributed by atoms with Gasteiger partial charge in [-0.1, -0.05) is 55.4 Å². The average molecular weight is 409 g/mol. The van der Waals surface area contributed by atoms with Crippen LogP contribution in [0.1, 0.15) is 49.0 Å². The first-order valence-electron chi connectivity index (χ1n) is 10.2. The van der Waals surface area contributed by atoms with Gasteiger partial charge in [0.2, 0.25) is 5.89 Å². The molecule has 30 heavy (non-hydrogen) atoms. The van der Waals surface area contributed by atoms with Crippen molar-refractivity contribution in [2.45, 2.75) is 46.1 Å². The normalized spacial score (nSPS) is 10.8. The highest BCUT2D eigenvalue weighted by Crippen LogP contribution is 2.26. The monoisotopic (exact) mass is 408 g/mol. The highest BCUT2D eigenvalue weighted by atomic mass is 16.5. The van der Waals surface area contributed by atoms with Crippen LogP contribution < -0.4 is 15.4 Å². The molecule has 1 heterocycles. The van der Waals surface area contributed by atoms with Gasteiger partial charge in [0.05, 0.1) is 5.69 Å². The molecule has 1 aromatic heterocycles. The third kappa shape index (κ3) is 6.34. The molecular weight excluding hydrogens is 380 g/mol. The van der Waals surface area contributed by atoms with E-state index in [1.807, 2.05) is 69.3 Å². The van der Waals surface area contributed by atoms with Crippen LogP contribution in [0.4, 0.5) is 10.5 Å². The number of hydrogen-bond donors (Lipinski definition) is 2. The van der Waals surface area contributed by atoms with E-state index in [0.717, 1.165) is 11.1 Å². The van der Waals surface area contributed by atoms with Gasteiger partial charge < -0.3 is 19.9 Å². The zero-order chi connectivity index (χ0) is 21.3. The van der Waals surface area contributed by atoms with Gasteiger partial charge in [0.1, 0.15) is 12.4 Å². The Morgan fingerprint density at radius 3 is 2.70 bits per heavy atom. The summed E-state index contributed by atoms with van der Waals surface area (Å²) in [7, 11) is 0. The van der Waals surface area contributed by atoms with Crippen LogP contribution in [0, 0.1) is 6.92 Å². The Morgan fingerprint density at radius 2 is 1.97 bits per heavy atom. The van der Waals surface area contributed by atoms with Gasteiger partial charge in [-0.25, -0.2) is 4.79 Å². The molecule has 2 aromatic carbocycles. The van der Waals surface area contributed by atoms with Crippen LogP contribution in [-0.4, -0.2) is 22.7 Å². The molecule has 0 unspecified atom stereocenters. The van der Waals surface area contributed by atoms with Gasteiger partial charge in [0.15, 0.2) is 5.82 Å². The number of nitrogens with one attached hydrogen (secondary N) is 2. The second kappa shape index (κ2) is 10.4. The van der Waals surface area contributed by atoms with Crippen molar-refractivity contribution >= 4 is 11.7 Å². The lowest BCUT2D eigenvalue weighted by Gasteiger charge is -2.14. The van der Waals surface area contributed by atoms with Gasteiger partial charge in [-0.2, -0.15) is 4.98 Å². The summed E-state index contributed by atoms with van der Waals surface area (Å²) in [5.74, 6) is 2.18. The minimum absolute atomic E-state index is 0.235. The quantitative estimate of drug-likeness (QED) is 0.495. The molecule has 0 saturated carbocycles. The number of aromatic nitrogens is 2. The molecule has 0 spiro atoms. The Kier molecular flexibility index (Phi) is 7.43. The number of aryl methyl sites for hydroxylation is 2. The summed E-state index contributed by atoms with van der Waals surface area (Å²) >= 11 is 0. The zero-order valence-corrected chi connectivity index (χ0v) is 17.6. The third-order valence-electron chi connectivity index (χ3n) is 4.48. The van der Waals surface area contributed by atoms with Gasteiger partial charge >= 0.3 is 6.03 Å². The Balaban J connectivity index is 1.48. The molecule has 0 atom stereocenters. The van der Waals surface area contributed by atoms with Crippen LogP contribution >= 0.6 is 0 Å². The number of carbonyl (C=O) groups excluding carboxylic acids is 1. The second-order valence-corrected chi connectivity index (χ2v) is 7.46. The zero-order valence-electron chi connectivity index (χ0n) is 17.6. The molecule has 3 aromatic rings. The lowest BCUT2D eigenvalue weighted by Crippen LogP contribution is -2.30. The molecule has 0 aliphatic heterocycles. The van der Waals surface area contributed by atoms with Gasteiger partial charge in [-0.05, 0) is 36.6 Å². The first-order valence-corrected chi connectivity index (χ1v) is 10.2. The van der Waals surface area contributed by atoms with Gasteiger partial charge in [-0.15, -0.1) is 0 Å². The van der Waals surface area contributed by atoms with E-state index in [-0.39, 0.29) is 11.9 Å². The van der Waals surface area contributed by atoms with Crippen LogP contribution in [0.25, 0.3) is 0 Å². The molecule has 0 aliphatic rings. The first-order chi connectivity index (χ1) is 14.5. The van der Waals surface area contributed by atoms with Crippen molar-refractivity contribution < 1.29 is 14.1 Å². The van der Waals surface area contributed by atoms with Gasteiger partial charge in [0, 0.05) is 18.9 Å². The molecule has 158 valence electrons. The molecule has 7 heteroatoms. The van der Waals surface area contributed by atoms with Crippen molar-refractivity contribution in [1.82, 2.24) is 15.5 Å². The standard InChI is InChI=1S/C23H28N4O3/c1-16(2)22-26-21(30-27-22)10-7-13-24-23(28)25-19-12-11-17(3)14-20(19)29-15-18-8-5-4-6-9-18/h4-6,8-9,11-12,14,16H,7,10,13,15H2,1-3H3,(H2,24,25,28). The number of anilines is 1. The van der Waals surface area contributed by atoms with E-state index in [9.17, 15) is 4.79 Å². The van der Waals surface area contributed by atoms with E-state index in [1.165, 1.54) is 0 Å². The summed E-state index contributed by atoms with van der Waals surface area (Å²) in [6, 6.07) is 15.3. The molecule has 2 N–H and O–H groups in total. The molecule has 2 amide bonds. The Morgan fingerprint density at radius 1 is 1.17 bits per heavy atom. The maximum absolute atomic E-state index is 12.3. The lowest BCUT2D eigenvalue weighted by atomic mass is 10.2. The molecule has 3 rings (SSSR count). The topological polar surface area (TPSA) is 89.3 Å². The summed E-state index contributed by atoms with van der Waals surface area (Å²) in [4.78, 5) is 16.6. The second-order valence-electron chi connectivity index (χ2n) is 7.46. The smallest absolute Gasteiger partial charge is 0.319 e. The van der Waals surface area contributed by atoms with Crippen LogP contribution in [0.15, 0.2) is 53.1 Å². The molecule has 0 radical (unpaired) electrons. The van der Waals surface area contributed by atoms with Crippen molar-refractivity contribution in [2.75, 3.05) is 11.9 Å². The number of carbonyl (C=O) groups is 1. The Bertz CT molecular complexity index is 954. The minimum atomic E-state index is -0.281. The number of hydrogen-bond acceptors (Lipinski definition) is 5. The Labute approximate surface area is 176 Å².